The number of carbonyl (C=O) groups excluding carboxylic acids is 2. The highest BCUT2D eigenvalue weighted by Crippen LogP contribution is 2.29. The van der Waals surface area contributed by atoms with Gasteiger partial charge in [0.1, 0.15) is 11.5 Å². The molecule has 0 spiro atoms. The van der Waals surface area contributed by atoms with Gasteiger partial charge in [0.15, 0.2) is 0 Å². The molecule has 1 aliphatic rings. The minimum absolute atomic E-state index is 0.0232. The molecule has 1 heterocycles. The largest absolute Gasteiger partial charge is 0.497 e. The van der Waals surface area contributed by atoms with E-state index < -0.39 is 0 Å². The third-order valence-corrected chi connectivity index (χ3v) is 4.61. The van der Waals surface area contributed by atoms with Crippen molar-refractivity contribution in [2.24, 2.45) is 0 Å². The quantitative estimate of drug-likeness (QED) is 0.793. The molecule has 1 saturated heterocycles. The highest BCUT2D eigenvalue weighted by atomic mass is 16.6. The van der Waals surface area contributed by atoms with Gasteiger partial charge >= 0.3 is 12.1 Å². The number of hydrogen-bond acceptors (Lipinski definition) is 5. The first-order valence-corrected chi connectivity index (χ1v) is 9.19. The van der Waals surface area contributed by atoms with Gasteiger partial charge in [-0.15, -0.1) is 0 Å². The third kappa shape index (κ3) is 5.67. The van der Waals surface area contributed by atoms with Crippen molar-refractivity contribution in [2.45, 2.75) is 38.8 Å². The van der Waals surface area contributed by atoms with Crippen molar-refractivity contribution in [3.05, 3.63) is 23.8 Å². The van der Waals surface area contributed by atoms with Crippen LogP contribution >= 0.6 is 0 Å². The van der Waals surface area contributed by atoms with Crippen molar-refractivity contribution in [3.63, 3.8) is 0 Å². The van der Waals surface area contributed by atoms with Crippen molar-refractivity contribution in [2.75, 3.05) is 33.9 Å². The van der Waals surface area contributed by atoms with Crippen LogP contribution in [0.4, 0.5) is 9.59 Å². The Kier molecular flexibility index (Phi) is 7.57. The number of nitrogens with zero attached hydrogens (tertiary/aromatic N) is 1. The smallest absolute Gasteiger partial charge is 0.409 e. The van der Waals surface area contributed by atoms with Gasteiger partial charge in [-0.25, -0.2) is 9.59 Å². The van der Waals surface area contributed by atoms with Crippen LogP contribution in [0.2, 0.25) is 0 Å². The summed E-state index contributed by atoms with van der Waals surface area (Å²) in [5.74, 6) is 1.39. The number of hydrogen-bond donors (Lipinski definition) is 2. The zero-order valence-electron chi connectivity index (χ0n) is 16.4. The molecule has 1 unspecified atom stereocenters. The molecule has 1 fully saturated rings. The van der Waals surface area contributed by atoms with E-state index in [9.17, 15) is 9.59 Å². The lowest BCUT2D eigenvalue weighted by Crippen LogP contribution is -2.49. The average Bonchev–Trinajstić information content (AvgIpc) is 2.68. The molecule has 1 aromatic carbocycles. The second-order valence-corrected chi connectivity index (χ2v) is 6.41. The van der Waals surface area contributed by atoms with Crippen molar-refractivity contribution < 1.29 is 23.8 Å². The summed E-state index contributed by atoms with van der Waals surface area (Å²) in [7, 11) is 3.19. The zero-order chi connectivity index (χ0) is 19.8. The fourth-order valence-corrected chi connectivity index (χ4v) is 3.10. The molecule has 27 heavy (non-hydrogen) atoms. The van der Waals surface area contributed by atoms with E-state index >= 15 is 0 Å². The third-order valence-electron chi connectivity index (χ3n) is 4.61. The summed E-state index contributed by atoms with van der Waals surface area (Å²) in [6.45, 7) is 5.19. The molecule has 0 aromatic heterocycles. The Morgan fingerprint density at radius 3 is 2.52 bits per heavy atom. The van der Waals surface area contributed by atoms with E-state index in [0.717, 1.165) is 5.56 Å². The molecule has 0 bridgehead atoms. The lowest BCUT2D eigenvalue weighted by atomic mass is 10.1. The zero-order valence-corrected chi connectivity index (χ0v) is 16.4. The van der Waals surface area contributed by atoms with E-state index in [1.54, 1.807) is 26.0 Å². The van der Waals surface area contributed by atoms with Gasteiger partial charge in [0.05, 0.1) is 26.9 Å². The van der Waals surface area contributed by atoms with Crippen molar-refractivity contribution in [1.82, 2.24) is 15.5 Å². The van der Waals surface area contributed by atoms with Gasteiger partial charge in [0, 0.05) is 24.7 Å². The number of carbonyl (C=O) groups is 2. The number of piperidine rings is 1. The van der Waals surface area contributed by atoms with Crippen LogP contribution in [0.1, 0.15) is 38.3 Å². The number of likely N-dealkylation sites (tertiary alicyclic amines) is 1. The number of urea groups is 1. The molecule has 1 aliphatic heterocycles. The fourth-order valence-electron chi connectivity index (χ4n) is 3.10. The van der Waals surface area contributed by atoms with Crippen LogP contribution in [0.25, 0.3) is 0 Å². The Bertz CT molecular complexity index is 644. The van der Waals surface area contributed by atoms with Crippen LogP contribution in [-0.4, -0.2) is 57.0 Å². The minimum Gasteiger partial charge on any atom is -0.497 e. The number of amides is 3. The highest BCUT2D eigenvalue weighted by Gasteiger charge is 2.25. The fraction of sp³-hybridized carbons (Fsp3) is 0.579. The van der Waals surface area contributed by atoms with Crippen LogP contribution in [0.5, 0.6) is 11.5 Å². The summed E-state index contributed by atoms with van der Waals surface area (Å²) in [6.07, 6.45) is 1.10. The summed E-state index contributed by atoms with van der Waals surface area (Å²) < 4.78 is 15.6. The summed E-state index contributed by atoms with van der Waals surface area (Å²) in [6, 6.07) is 5.00. The molecule has 150 valence electrons. The molecular weight excluding hydrogens is 350 g/mol. The molecule has 8 heteroatoms. The van der Waals surface area contributed by atoms with Crippen LogP contribution in [-0.2, 0) is 4.74 Å². The molecule has 2 rings (SSSR count). The molecule has 8 nitrogen and oxygen atoms in total. The predicted octanol–water partition coefficient (Wildman–Crippen LogP) is 2.68. The highest BCUT2D eigenvalue weighted by molar-refractivity contribution is 5.75. The second kappa shape index (κ2) is 9.89. The predicted molar refractivity (Wildman–Crippen MR) is 101 cm³/mol. The van der Waals surface area contributed by atoms with Crippen LogP contribution in [0.15, 0.2) is 18.2 Å². The maximum atomic E-state index is 12.4. The standard InChI is InChI=1S/C19H29N3O5/c1-5-27-19(24)22-10-8-14(9-11-22)21-18(23)20-13(2)16-12-15(25-3)6-7-17(16)26-4/h6-7,12-14H,5,8-11H2,1-4H3,(H2,20,21,23). The first kappa shape index (κ1) is 20.7. The van der Waals surface area contributed by atoms with Crippen molar-refractivity contribution in [1.29, 1.82) is 0 Å². The molecule has 0 radical (unpaired) electrons. The maximum absolute atomic E-state index is 12.4. The molecular formula is C19H29N3O5. The SMILES string of the molecule is CCOC(=O)N1CCC(NC(=O)NC(C)c2cc(OC)ccc2OC)CC1. The minimum atomic E-state index is -0.292. The molecule has 0 aliphatic carbocycles. The normalized spacial score (nSPS) is 15.6. The molecule has 1 aromatic rings. The van der Waals surface area contributed by atoms with Crippen LogP contribution in [0.3, 0.4) is 0 Å². The first-order valence-electron chi connectivity index (χ1n) is 9.19. The van der Waals surface area contributed by atoms with Gasteiger partial charge in [0.25, 0.3) is 0 Å². The van der Waals surface area contributed by atoms with E-state index in [1.807, 2.05) is 25.1 Å². The van der Waals surface area contributed by atoms with E-state index in [2.05, 4.69) is 10.6 Å². The van der Waals surface area contributed by atoms with E-state index in [1.165, 1.54) is 0 Å². The number of benzene rings is 1. The Morgan fingerprint density at radius 1 is 1.22 bits per heavy atom. The van der Waals surface area contributed by atoms with Crippen molar-refractivity contribution >= 4 is 12.1 Å². The van der Waals surface area contributed by atoms with Gasteiger partial charge in [-0.05, 0) is 44.9 Å². The summed E-state index contributed by atoms with van der Waals surface area (Å²) >= 11 is 0. The number of rotatable bonds is 6. The summed E-state index contributed by atoms with van der Waals surface area (Å²) in [4.78, 5) is 25.8. The van der Waals surface area contributed by atoms with Crippen molar-refractivity contribution in [3.8, 4) is 11.5 Å². The first-order chi connectivity index (χ1) is 13.0. The number of methoxy groups -OCH3 is 2. The average molecular weight is 379 g/mol. The Labute approximate surface area is 160 Å². The van der Waals surface area contributed by atoms with Gasteiger partial charge in [0.2, 0.25) is 0 Å². The van der Waals surface area contributed by atoms with E-state index in [0.29, 0.717) is 44.0 Å². The van der Waals surface area contributed by atoms with E-state index in [4.69, 9.17) is 14.2 Å². The molecule has 1 atom stereocenters. The molecule has 3 amide bonds. The number of nitrogens with one attached hydrogen (secondary N) is 2. The molecule has 2 N–H and O–H groups in total. The number of ether oxygens (including phenoxy) is 3. The Morgan fingerprint density at radius 2 is 1.93 bits per heavy atom. The van der Waals surface area contributed by atoms with Crippen LogP contribution in [0, 0.1) is 0 Å². The molecule has 0 saturated carbocycles. The second-order valence-electron chi connectivity index (χ2n) is 6.41. The van der Waals surface area contributed by atoms with Crippen LogP contribution < -0.4 is 20.1 Å². The van der Waals surface area contributed by atoms with Gasteiger partial charge in [-0.3, -0.25) is 0 Å². The lowest BCUT2D eigenvalue weighted by Gasteiger charge is -2.32. The topological polar surface area (TPSA) is 89.1 Å². The lowest BCUT2D eigenvalue weighted by molar-refractivity contribution is 0.0957. The summed E-state index contributed by atoms with van der Waals surface area (Å²) in [5, 5.41) is 5.91. The van der Waals surface area contributed by atoms with Gasteiger partial charge in [-0.2, -0.15) is 0 Å². The van der Waals surface area contributed by atoms with E-state index in [-0.39, 0.29) is 24.2 Å². The van der Waals surface area contributed by atoms with Gasteiger partial charge in [-0.1, -0.05) is 0 Å². The Balaban J connectivity index is 1.86. The summed E-state index contributed by atoms with van der Waals surface area (Å²) in [5.41, 5.74) is 0.837. The monoisotopic (exact) mass is 379 g/mol. The maximum Gasteiger partial charge on any atom is 0.409 e. The van der Waals surface area contributed by atoms with Gasteiger partial charge < -0.3 is 29.7 Å². The Hall–Kier alpha value is -2.64.